The third kappa shape index (κ3) is 3.31. The molecule has 1 aromatic carbocycles. The van der Waals surface area contributed by atoms with Crippen LogP contribution in [-0.4, -0.2) is 60.2 Å². The molecule has 1 atom stereocenters. The second-order valence-electron chi connectivity index (χ2n) is 6.84. The lowest BCUT2D eigenvalue weighted by Crippen LogP contribution is -2.48. The highest BCUT2D eigenvalue weighted by Crippen LogP contribution is 2.26. The molecule has 6 heteroatoms. The van der Waals surface area contributed by atoms with Crippen LogP contribution in [0.3, 0.4) is 0 Å². The summed E-state index contributed by atoms with van der Waals surface area (Å²) in [5, 5.41) is 0. The first-order chi connectivity index (χ1) is 12.2. The number of rotatable bonds is 2. The van der Waals surface area contributed by atoms with Crippen molar-refractivity contribution in [2.24, 2.45) is 5.92 Å². The molecule has 2 aromatic rings. The van der Waals surface area contributed by atoms with Crippen molar-refractivity contribution < 1.29 is 9.53 Å². The first-order valence-corrected chi connectivity index (χ1v) is 9.07. The van der Waals surface area contributed by atoms with E-state index >= 15 is 0 Å². The van der Waals surface area contributed by atoms with Crippen molar-refractivity contribution in [3.63, 3.8) is 0 Å². The normalized spacial score (nSPS) is 21.6. The van der Waals surface area contributed by atoms with Crippen molar-refractivity contribution in [2.75, 3.05) is 44.3 Å². The Hall–Kier alpha value is -2.21. The number of carbonyl (C=O) groups is 1. The lowest BCUT2D eigenvalue weighted by Gasteiger charge is -2.37. The Morgan fingerprint density at radius 1 is 1.12 bits per heavy atom. The fourth-order valence-electron chi connectivity index (χ4n) is 3.79. The zero-order valence-electron chi connectivity index (χ0n) is 14.6. The summed E-state index contributed by atoms with van der Waals surface area (Å²) in [5.74, 6) is 1.22. The molecule has 0 saturated carbocycles. The minimum absolute atomic E-state index is 0.0412. The van der Waals surface area contributed by atoms with Crippen LogP contribution in [0, 0.1) is 12.8 Å². The van der Waals surface area contributed by atoms with Crippen LogP contribution in [0.1, 0.15) is 18.5 Å². The van der Waals surface area contributed by atoms with Gasteiger partial charge < -0.3 is 14.5 Å². The molecule has 6 nitrogen and oxygen atoms in total. The first kappa shape index (κ1) is 16.3. The van der Waals surface area contributed by atoms with Gasteiger partial charge in [-0.05, 0) is 31.9 Å². The Labute approximate surface area is 147 Å². The minimum Gasteiger partial charge on any atom is -0.378 e. The van der Waals surface area contributed by atoms with Crippen molar-refractivity contribution in [1.29, 1.82) is 0 Å². The zero-order valence-corrected chi connectivity index (χ0v) is 14.6. The summed E-state index contributed by atoms with van der Waals surface area (Å²) in [4.78, 5) is 26.5. The molecule has 2 aliphatic rings. The van der Waals surface area contributed by atoms with Gasteiger partial charge in [-0.1, -0.05) is 12.1 Å². The molecule has 25 heavy (non-hydrogen) atoms. The van der Waals surface area contributed by atoms with Gasteiger partial charge >= 0.3 is 0 Å². The predicted octanol–water partition coefficient (Wildman–Crippen LogP) is 2.01. The number of benzene rings is 1. The van der Waals surface area contributed by atoms with Crippen molar-refractivity contribution in [3.8, 4) is 0 Å². The van der Waals surface area contributed by atoms with E-state index < -0.39 is 0 Å². The molecular formula is C19H24N4O2. The second kappa shape index (κ2) is 6.96. The van der Waals surface area contributed by atoms with E-state index in [-0.39, 0.29) is 11.8 Å². The minimum atomic E-state index is 0.0412. The standard InChI is InChI=1S/C19H24N4O2/c1-14-18(21-17-7-3-2-6-16(17)20-14)23-8-4-5-15(13-23)19(24)22-9-11-25-12-10-22/h2-3,6-7,15H,4-5,8-13H2,1H3/t15-/m1/s1. The van der Waals surface area contributed by atoms with E-state index in [0.29, 0.717) is 26.3 Å². The maximum absolute atomic E-state index is 12.8. The summed E-state index contributed by atoms with van der Waals surface area (Å²) in [6.07, 6.45) is 1.96. The number of anilines is 1. The molecule has 0 aliphatic carbocycles. The van der Waals surface area contributed by atoms with E-state index in [9.17, 15) is 4.79 Å². The van der Waals surface area contributed by atoms with Crippen LogP contribution in [0.4, 0.5) is 5.82 Å². The van der Waals surface area contributed by atoms with Gasteiger partial charge in [0, 0.05) is 26.2 Å². The molecule has 4 rings (SSSR count). The second-order valence-corrected chi connectivity index (χ2v) is 6.84. The number of ether oxygens (including phenoxy) is 1. The number of morpholine rings is 1. The summed E-state index contributed by atoms with van der Waals surface area (Å²) in [7, 11) is 0. The summed E-state index contributed by atoms with van der Waals surface area (Å²) < 4.78 is 5.36. The smallest absolute Gasteiger partial charge is 0.227 e. The number of hydrogen-bond acceptors (Lipinski definition) is 5. The number of aryl methyl sites for hydroxylation is 1. The third-order valence-corrected chi connectivity index (χ3v) is 5.11. The molecule has 0 N–H and O–H groups in total. The Kier molecular flexibility index (Phi) is 4.53. The molecule has 2 saturated heterocycles. The number of fused-ring (bicyclic) bond motifs is 1. The molecule has 3 heterocycles. The van der Waals surface area contributed by atoms with Gasteiger partial charge in [0.2, 0.25) is 5.91 Å². The summed E-state index contributed by atoms with van der Waals surface area (Å²) in [6.45, 7) is 6.39. The van der Waals surface area contributed by atoms with Gasteiger partial charge in [0.1, 0.15) is 0 Å². The number of nitrogens with zero attached hydrogens (tertiary/aromatic N) is 4. The number of aromatic nitrogens is 2. The fraction of sp³-hybridized carbons (Fsp3) is 0.526. The summed E-state index contributed by atoms with van der Waals surface area (Å²) >= 11 is 0. The van der Waals surface area contributed by atoms with E-state index in [4.69, 9.17) is 14.7 Å². The van der Waals surface area contributed by atoms with Crippen molar-refractivity contribution in [2.45, 2.75) is 19.8 Å². The average molecular weight is 340 g/mol. The topological polar surface area (TPSA) is 58.6 Å². The van der Waals surface area contributed by atoms with Crippen molar-refractivity contribution >= 4 is 22.8 Å². The molecule has 0 bridgehead atoms. The van der Waals surface area contributed by atoms with E-state index in [0.717, 1.165) is 48.5 Å². The lowest BCUT2D eigenvalue weighted by molar-refractivity contribution is -0.139. The van der Waals surface area contributed by atoms with Gasteiger partial charge in [0.15, 0.2) is 5.82 Å². The summed E-state index contributed by atoms with van der Waals surface area (Å²) in [6, 6.07) is 7.94. The third-order valence-electron chi connectivity index (χ3n) is 5.11. The highest BCUT2D eigenvalue weighted by atomic mass is 16.5. The van der Waals surface area contributed by atoms with Gasteiger partial charge in [-0.3, -0.25) is 4.79 Å². The van der Waals surface area contributed by atoms with E-state index in [1.807, 2.05) is 36.1 Å². The van der Waals surface area contributed by atoms with Crippen LogP contribution >= 0.6 is 0 Å². The predicted molar refractivity (Wildman–Crippen MR) is 96.6 cm³/mol. The highest BCUT2D eigenvalue weighted by molar-refractivity contribution is 5.80. The monoisotopic (exact) mass is 340 g/mol. The molecule has 0 spiro atoms. The van der Waals surface area contributed by atoms with Crippen LogP contribution in [0.2, 0.25) is 0 Å². The number of piperidine rings is 1. The maximum Gasteiger partial charge on any atom is 0.227 e. The SMILES string of the molecule is Cc1nc2ccccc2nc1N1CCC[C@@H](C(=O)N2CCOCC2)C1. The van der Waals surface area contributed by atoms with Crippen LogP contribution in [0.25, 0.3) is 11.0 Å². The molecule has 2 aliphatic heterocycles. The Balaban J connectivity index is 1.54. The molecule has 0 unspecified atom stereocenters. The van der Waals surface area contributed by atoms with Crippen molar-refractivity contribution in [1.82, 2.24) is 14.9 Å². The van der Waals surface area contributed by atoms with E-state index in [1.165, 1.54) is 0 Å². The molecule has 0 radical (unpaired) electrons. The van der Waals surface area contributed by atoms with Crippen LogP contribution in [-0.2, 0) is 9.53 Å². The van der Waals surface area contributed by atoms with Gasteiger partial charge in [0.05, 0.1) is 35.9 Å². The fourth-order valence-corrected chi connectivity index (χ4v) is 3.79. The number of amides is 1. The summed E-state index contributed by atoms with van der Waals surface area (Å²) in [5.41, 5.74) is 2.75. The Morgan fingerprint density at radius 3 is 2.60 bits per heavy atom. The van der Waals surface area contributed by atoms with Crippen LogP contribution in [0.5, 0.6) is 0 Å². The first-order valence-electron chi connectivity index (χ1n) is 9.07. The molecular weight excluding hydrogens is 316 g/mol. The zero-order chi connectivity index (χ0) is 17.2. The Morgan fingerprint density at radius 2 is 1.84 bits per heavy atom. The highest BCUT2D eigenvalue weighted by Gasteiger charge is 2.31. The van der Waals surface area contributed by atoms with Gasteiger partial charge in [-0.2, -0.15) is 0 Å². The molecule has 1 aromatic heterocycles. The molecule has 132 valence electrons. The average Bonchev–Trinajstić information content (AvgIpc) is 2.67. The lowest BCUT2D eigenvalue weighted by atomic mass is 9.96. The largest absolute Gasteiger partial charge is 0.378 e. The van der Waals surface area contributed by atoms with Crippen LogP contribution < -0.4 is 4.90 Å². The molecule has 2 fully saturated rings. The van der Waals surface area contributed by atoms with Gasteiger partial charge in [-0.25, -0.2) is 9.97 Å². The number of hydrogen-bond donors (Lipinski definition) is 0. The van der Waals surface area contributed by atoms with Gasteiger partial charge in [-0.15, -0.1) is 0 Å². The van der Waals surface area contributed by atoms with Gasteiger partial charge in [0.25, 0.3) is 0 Å². The maximum atomic E-state index is 12.8. The Bertz CT molecular complexity index is 773. The molecule has 1 amide bonds. The van der Waals surface area contributed by atoms with E-state index in [1.54, 1.807) is 0 Å². The number of carbonyl (C=O) groups excluding carboxylic acids is 1. The van der Waals surface area contributed by atoms with Crippen LogP contribution in [0.15, 0.2) is 24.3 Å². The number of para-hydroxylation sites is 2. The van der Waals surface area contributed by atoms with E-state index in [2.05, 4.69) is 4.90 Å². The quantitative estimate of drug-likeness (QED) is 0.837. The van der Waals surface area contributed by atoms with Crippen molar-refractivity contribution in [3.05, 3.63) is 30.0 Å².